The number of aromatic nitrogens is 3. The summed E-state index contributed by atoms with van der Waals surface area (Å²) in [5.41, 5.74) is 2.70. The van der Waals surface area contributed by atoms with E-state index in [2.05, 4.69) is 39.5 Å². The average molecular weight is 347 g/mol. The Kier molecular flexibility index (Phi) is 4.75. The van der Waals surface area contributed by atoms with Crippen LogP contribution in [-0.2, 0) is 0 Å². The first-order valence-electron chi connectivity index (χ1n) is 8.85. The van der Waals surface area contributed by atoms with E-state index in [0.717, 1.165) is 30.7 Å². The fraction of sp³-hybridized carbons (Fsp3) is 0.250. The maximum absolute atomic E-state index is 12.7. The van der Waals surface area contributed by atoms with E-state index in [1.54, 1.807) is 0 Å². The molecule has 1 aliphatic heterocycles. The second-order valence-electron chi connectivity index (χ2n) is 6.37. The van der Waals surface area contributed by atoms with Gasteiger partial charge in [0.25, 0.3) is 0 Å². The monoisotopic (exact) mass is 347 g/mol. The number of carbonyl (C=O) groups is 1. The summed E-state index contributed by atoms with van der Waals surface area (Å²) in [4.78, 5) is 16.9. The maximum Gasteiger partial charge on any atom is 0.346 e. The zero-order valence-electron chi connectivity index (χ0n) is 14.5. The lowest BCUT2D eigenvalue weighted by Crippen LogP contribution is -2.50. The molecule has 0 unspecified atom stereocenters. The summed E-state index contributed by atoms with van der Waals surface area (Å²) in [6.45, 7) is 4.01. The zero-order valence-corrected chi connectivity index (χ0v) is 14.5. The van der Waals surface area contributed by atoms with Crippen LogP contribution in [-0.4, -0.2) is 63.5 Å². The largest absolute Gasteiger partial charge is 0.346 e. The summed E-state index contributed by atoms with van der Waals surface area (Å²) in [7, 11) is 0. The number of rotatable bonds is 3. The van der Waals surface area contributed by atoms with Crippen LogP contribution in [0.5, 0.6) is 0 Å². The Labute approximate surface area is 152 Å². The molecule has 0 saturated carbocycles. The van der Waals surface area contributed by atoms with Gasteiger partial charge in [-0.3, -0.25) is 4.90 Å². The quantitative estimate of drug-likeness (QED) is 0.731. The SMILES string of the molecule is O=C(N1CCN(C/C=C/c2ccccc2)CC1)n1nnc2ccccc21. The molecule has 2 heterocycles. The Balaban J connectivity index is 1.33. The first-order valence-corrected chi connectivity index (χ1v) is 8.85. The number of hydrogen-bond acceptors (Lipinski definition) is 4. The average Bonchev–Trinajstić information content (AvgIpc) is 3.13. The number of benzene rings is 2. The molecule has 0 radical (unpaired) electrons. The molecule has 0 aliphatic carbocycles. The lowest BCUT2D eigenvalue weighted by molar-refractivity contribution is 0.146. The highest BCUT2D eigenvalue weighted by atomic mass is 16.2. The first kappa shape index (κ1) is 16.5. The van der Waals surface area contributed by atoms with Crippen LogP contribution >= 0.6 is 0 Å². The van der Waals surface area contributed by atoms with E-state index in [-0.39, 0.29) is 6.03 Å². The van der Waals surface area contributed by atoms with Crippen LogP contribution in [0.15, 0.2) is 60.7 Å². The third-order valence-electron chi connectivity index (χ3n) is 4.65. The van der Waals surface area contributed by atoms with E-state index >= 15 is 0 Å². The lowest BCUT2D eigenvalue weighted by atomic mass is 10.2. The van der Waals surface area contributed by atoms with E-state index in [0.29, 0.717) is 13.1 Å². The topological polar surface area (TPSA) is 54.3 Å². The van der Waals surface area contributed by atoms with Gasteiger partial charge in [0.15, 0.2) is 0 Å². The summed E-state index contributed by atoms with van der Waals surface area (Å²) >= 11 is 0. The van der Waals surface area contributed by atoms with Crippen LogP contribution in [0.25, 0.3) is 17.1 Å². The summed E-state index contributed by atoms with van der Waals surface area (Å²) in [6, 6.07) is 17.7. The van der Waals surface area contributed by atoms with Crippen LogP contribution in [0.1, 0.15) is 5.56 Å². The number of amides is 1. The molecule has 0 N–H and O–H groups in total. The van der Waals surface area contributed by atoms with Gasteiger partial charge in [-0.15, -0.1) is 5.10 Å². The minimum Gasteiger partial charge on any atom is -0.320 e. The molecule has 4 rings (SSSR count). The third kappa shape index (κ3) is 3.50. The second kappa shape index (κ2) is 7.49. The minimum atomic E-state index is -0.0989. The van der Waals surface area contributed by atoms with Gasteiger partial charge in [-0.05, 0) is 17.7 Å². The molecule has 1 amide bonds. The van der Waals surface area contributed by atoms with Crippen LogP contribution in [0.2, 0.25) is 0 Å². The third-order valence-corrected chi connectivity index (χ3v) is 4.65. The summed E-state index contributed by atoms with van der Waals surface area (Å²) in [5, 5.41) is 8.09. The van der Waals surface area contributed by atoms with Crippen molar-refractivity contribution >= 4 is 23.1 Å². The smallest absolute Gasteiger partial charge is 0.320 e. The normalized spacial score (nSPS) is 15.8. The van der Waals surface area contributed by atoms with Crippen LogP contribution in [0.4, 0.5) is 4.79 Å². The Bertz CT molecular complexity index is 910. The predicted molar refractivity (Wildman–Crippen MR) is 102 cm³/mol. The molecule has 3 aromatic rings. The highest BCUT2D eigenvalue weighted by molar-refractivity contribution is 5.87. The van der Waals surface area contributed by atoms with Crippen LogP contribution < -0.4 is 0 Å². The highest BCUT2D eigenvalue weighted by Crippen LogP contribution is 2.12. The van der Waals surface area contributed by atoms with Crippen molar-refractivity contribution in [3.8, 4) is 0 Å². The van der Waals surface area contributed by atoms with Gasteiger partial charge in [-0.25, -0.2) is 4.79 Å². The molecule has 26 heavy (non-hydrogen) atoms. The Morgan fingerprint density at radius 3 is 2.50 bits per heavy atom. The lowest BCUT2D eigenvalue weighted by Gasteiger charge is -2.33. The van der Waals surface area contributed by atoms with Crippen molar-refractivity contribution in [2.45, 2.75) is 0 Å². The molecule has 0 spiro atoms. The van der Waals surface area contributed by atoms with Gasteiger partial charge in [-0.1, -0.05) is 59.8 Å². The molecule has 0 bridgehead atoms. The number of nitrogens with zero attached hydrogens (tertiary/aromatic N) is 5. The van der Waals surface area contributed by atoms with Gasteiger partial charge in [0, 0.05) is 32.7 Å². The zero-order chi connectivity index (χ0) is 17.8. The van der Waals surface area contributed by atoms with Crippen molar-refractivity contribution < 1.29 is 4.79 Å². The fourth-order valence-electron chi connectivity index (χ4n) is 3.17. The molecular formula is C20H21N5O. The molecule has 1 fully saturated rings. The van der Waals surface area contributed by atoms with Gasteiger partial charge < -0.3 is 4.90 Å². The van der Waals surface area contributed by atoms with E-state index in [1.807, 2.05) is 47.4 Å². The van der Waals surface area contributed by atoms with E-state index < -0.39 is 0 Å². The first-order chi connectivity index (χ1) is 12.8. The molecule has 1 aromatic heterocycles. The van der Waals surface area contributed by atoms with Crippen molar-refractivity contribution in [2.24, 2.45) is 0 Å². The van der Waals surface area contributed by atoms with Gasteiger partial charge in [0.1, 0.15) is 5.52 Å². The maximum atomic E-state index is 12.7. The van der Waals surface area contributed by atoms with Gasteiger partial charge in [0.2, 0.25) is 0 Å². The van der Waals surface area contributed by atoms with E-state index in [9.17, 15) is 4.79 Å². The van der Waals surface area contributed by atoms with Crippen molar-refractivity contribution in [1.29, 1.82) is 0 Å². The standard InChI is InChI=1S/C20H21N5O/c26-20(25-19-11-5-4-10-18(19)21-22-25)24-15-13-23(14-16-24)12-6-9-17-7-2-1-3-8-17/h1-11H,12-16H2/b9-6+. The van der Waals surface area contributed by atoms with Gasteiger partial charge in [0.05, 0.1) is 5.52 Å². The molecule has 6 nitrogen and oxygen atoms in total. The highest BCUT2D eigenvalue weighted by Gasteiger charge is 2.23. The molecule has 6 heteroatoms. The van der Waals surface area contributed by atoms with Crippen molar-refractivity contribution in [1.82, 2.24) is 24.8 Å². The Hall–Kier alpha value is -2.99. The number of carbonyl (C=O) groups excluding carboxylic acids is 1. The molecular weight excluding hydrogens is 326 g/mol. The van der Waals surface area contributed by atoms with Gasteiger partial charge >= 0.3 is 6.03 Å². The van der Waals surface area contributed by atoms with Gasteiger partial charge in [-0.2, -0.15) is 4.68 Å². The molecule has 1 aliphatic rings. The molecule has 0 atom stereocenters. The molecule has 2 aromatic carbocycles. The summed E-state index contributed by atoms with van der Waals surface area (Å²) in [6.07, 6.45) is 4.32. The predicted octanol–water partition coefficient (Wildman–Crippen LogP) is 2.73. The minimum absolute atomic E-state index is 0.0989. The fourth-order valence-corrected chi connectivity index (χ4v) is 3.17. The number of fused-ring (bicyclic) bond motifs is 1. The second-order valence-corrected chi connectivity index (χ2v) is 6.37. The summed E-state index contributed by atoms with van der Waals surface area (Å²) in [5.74, 6) is 0. The number of para-hydroxylation sites is 1. The van der Waals surface area contributed by atoms with Crippen molar-refractivity contribution in [2.75, 3.05) is 32.7 Å². The van der Waals surface area contributed by atoms with E-state index in [1.165, 1.54) is 10.2 Å². The van der Waals surface area contributed by atoms with Crippen LogP contribution in [0.3, 0.4) is 0 Å². The summed E-state index contributed by atoms with van der Waals surface area (Å²) < 4.78 is 1.40. The van der Waals surface area contributed by atoms with Crippen molar-refractivity contribution in [3.05, 3.63) is 66.2 Å². The number of piperazine rings is 1. The van der Waals surface area contributed by atoms with Crippen LogP contribution in [0, 0.1) is 0 Å². The Morgan fingerprint density at radius 1 is 0.962 bits per heavy atom. The van der Waals surface area contributed by atoms with Crippen molar-refractivity contribution in [3.63, 3.8) is 0 Å². The number of hydrogen-bond donors (Lipinski definition) is 0. The van der Waals surface area contributed by atoms with E-state index in [4.69, 9.17) is 0 Å². The molecule has 132 valence electrons. The Morgan fingerprint density at radius 2 is 1.69 bits per heavy atom. The molecule has 1 saturated heterocycles.